The van der Waals surface area contributed by atoms with Crippen LogP contribution in [0.2, 0.25) is 0 Å². The molecule has 0 aromatic heterocycles. The molecule has 7 nitrogen and oxygen atoms in total. The Balaban J connectivity index is 1.36. The van der Waals surface area contributed by atoms with Gasteiger partial charge < -0.3 is 20.3 Å². The van der Waals surface area contributed by atoms with Gasteiger partial charge in [-0.3, -0.25) is 9.59 Å². The van der Waals surface area contributed by atoms with Crippen molar-refractivity contribution in [3.05, 3.63) is 137 Å². The van der Waals surface area contributed by atoms with Gasteiger partial charge in [-0.05, 0) is 65.1 Å². The number of carbonyl (C=O) groups is 3. The summed E-state index contributed by atoms with van der Waals surface area (Å²) in [5.41, 5.74) is 5.96. The second kappa shape index (κ2) is 14.3. The SMILES string of the molecule is COC(=O)Cc1cccc(NC(=O)NCC(=O)N(Cc2ccccc2)C2c3ccccc3CCC2Cc2ccccc2)c1. The summed E-state index contributed by atoms with van der Waals surface area (Å²) < 4.78 is 4.74. The summed E-state index contributed by atoms with van der Waals surface area (Å²) in [4.78, 5) is 40.5. The second-order valence-corrected chi connectivity index (χ2v) is 10.9. The number of nitrogens with zero attached hydrogens (tertiary/aromatic N) is 1. The summed E-state index contributed by atoms with van der Waals surface area (Å²) >= 11 is 0. The molecule has 4 aromatic rings. The molecular formula is C36H37N3O4. The van der Waals surface area contributed by atoms with Crippen LogP contribution in [-0.2, 0) is 40.1 Å². The van der Waals surface area contributed by atoms with Crippen molar-refractivity contribution in [2.45, 2.75) is 38.3 Å². The van der Waals surface area contributed by atoms with Crippen molar-refractivity contribution in [3.63, 3.8) is 0 Å². The van der Waals surface area contributed by atoms with E-state index >= 15 is 0 Å². The molecule has 2 unspecified atom stereocenters. The largest absolute Gasteiger partial charge is 0.469 e. The van der Waals surface area contributed by atoms with Crippen LogP contribution >= 0.6 is 0 Å². The molecule has 5 rings (SSSR count). The maximum atomic E-state index is 14.1. The number of ether oxygens (including phenoxy) is 1. The standard InChI is InChI=1S/C36H37N3O4/c1-43-34(41)23-28-15-10-17-31(22-28)38-36(42)37-24-33(40)39(25-27-13-6-3-7-14-27)35-30(21-26-11-4-2-5-12-26)20-19-29-16-8-9-18-32(29)35/h2-18,22,30,35H,19-21,23-25H2,1H3,(H2,37,38,42). The van der Waals surface area contributed by atoms with Gasteiger partial charge in [0.1, 0.15) is 0 Å². The van der Waals surface area contributed by atoms with Crippen LogP contribution in [0, 0.1) is 5.92 Å². The van der Waals surface area contributed by atoms with E-state index in [-0.39, 0.29) is 36.8 Å². The van der Waals surface area contributed by atoms with E-state index in [4.69, 9.17) is 4.74 Å². The Kier molecular flexibility index (Phi) is 9.85. The van der Waals surface area contributed by atoms with Crippen LogP contribution in [0.4, 0.5) is 10.5 Å². The van der Waals surface area contributed by atoms with Gasteiger partial charge in [0.2, 0.25) is 5.91 Å². The zero-order valence-corrected chi connectivity index (χ0v) is 24.4. The van der Waals surface area contributed by atoms with Gasteiger partial charge in [0.15, 0.2) is 0 Å². The number of urea groups is 1. The minimum Gasteiger partial charge on any atom is -0.469 e. The zero-order chi connectivity index (χ0) is 30.0. The molecule has 4 aromatic carbocycles. The highest BCUT2D eigenvalue weighted by Gasteiger charge is 2.36. The fraction of sp³-hybridized carbons (Fsp3) is 0.250. The molecule has 0 saturated carbocycles. The lowest BCUT2D eigenvalue weighted by atomic mass is 9.76. The summed E-state index contributed by atoms with van der Waals surface area (Å²) in [5.74, 6) is -0.296. The van der Waals surface area contributed by atoms with Crippen molar-refractivity contribution in [2.75, 3.05) is 19.0 Å². The minimum atomic E-state index is -0.492. The molecule has 220 valence electrons. The van der Waals surface area contributed by atoms with Gasteiger partial charge in [-0.1, -0.05) is 97.1 Å². The van der Waals surface area contributed by atoms with Gasteiger partial charge in [0.25, 0.3) is 0 Å². The molecule has 0 bridgehead atoms. The summed E-state index contributed by atoms with van der Waals surface area (Å²) in [7, 11) is 1.34. The van der Waals surface area contributed by atoms with E-state index in [0.29, 0.717) is 12.2 Å². The number of aryl methyl sites for hydroxylation is 1. The molecule has 2 N–H and O–H groups in total. The molecule has 1 aliphatic carbocycles. The Labute approximate surface area is 252 Å². The molecule has 0 fully saturated rings. The Morgan fingerprint density at radius 1 is 0.814 bits per heavy atom. The lowest BCUT2D eigenvalue weighted by Gasteiger charge is -2.42. The van der Waals surface area contributed by atoms with Gasteiger partial charge in [-0.25, -0.2) is 4.79 Å². The predicted octanol–water partition coefficient (Wildman–Crippen LogP) is 6.10. The van der Waals surface area contributed by atoms with Gasteiger partial charge in [-0.2, -0.15) is 0 Å². The first-order valence-electron chi connectivity index (χ1n) is 14.7. The average Bonchev–Trinajstić information content (AvgIpc) is 3.04. The van der Waals surface area contributed by atoms with Gasteiger partial charge in [0, 0.05) is 12.2 Å². The van der Waals surface area contributed by atoms with Crippen LogP contribution < -0.4 is 10.6 Å². The quantitative estimate of drug-likeness (QED) is 0.224. The van der Waals surface area contributed by atoms with Crippen LogP contribution in [0.25, 0.3) is 0 Å². The molecule has 0 aliphatic heterocycles. The first kappa shape index (κ1) is 29.6. The zero-order valence-electron chi connectivity index (χ0n) is 24.4. The predicted molar refractivity (Wildman–Crippen MR) is 167 cm³/mol. The highest BCUT2D eigenvalue weighted by Crippen LogP contribution is 2.41. The fourth-order valence-corrected chi connectivity index (χ4v) is 5.91. The molecule has 43 heavy (non-hydrogen) atoms. The van der Waals surface area contributed by atoms with E-state index in [9.17, 15) is 14.4 Å². The van der Waals surface area contributed by atoms with Crippen molar-refractivity contribution >= 4 is 23.6 Å². The topological polar surface area (TPSA) is 87.7 Å². The number of methoxy groups -OCH3 is 1. The minimum absolute atomic E-state index is 0.105. The normalized spacial score (nSPS) is 15.6. The molecule has 3 amide bonds. The van der Waals surface area contributed by atoms with Crippen molar-refractivity contribution < 1.29 is 19.1 Å². The third kappa shape index (κ3) is 7.89. The summed E-state index contributed by atoms with van der Waals surface area (Å²) in [6.45, 7) is 0.278. The van der Waals surface area contributed by atoms with Crippen LogP contribution in [0.5, 0.6) is 0 Å². The van der Waals surface area contributed by atoms with Crippen LogP contribution in [0.15, 0.2) is 109 Å². The third-order valence-corrected chi connectivity index (χ3v) is 7.96. The van der Waals surface area contributed by atoms with Crippen LogP contribution in [-0.4, -0.2) is 36.5 Å². The number of fused-ring (bicyclic) bond motifs is 1. The number of carbonyl (C=O) groups excluding carboxylic acids is 3. The smallest absolute Gasteiger partial charge is 0.319 e. The Morgan fingerprint density at radius 2 is 1.49 bits per heavy atom. The fourth-order valence-electron chi connectivity index (χ4n) is 5.91. The summed E-state index contributed by atoms with van der Waals surface area (Å²) in [5, 5.41) is 5.54. The molecule has 0 heterocycles. The molecular weight excluding hydrogens is 538 g/mol. The lowest BCUT2D eigenvalue weighted by molar-refractivity contribution is -0.139. The highest BCUT2D eigenvalue weighted by atomic mass is 16.5. The van der Waals surface area contributed by atoms with E-state index in [0.717, 1.165) is 30.4 Å². The van der Waals surface area contributed by atoms with E-state index in [2.05, 4.69) is 53.1 Å². The molecule has 7 heteroatoms. The Hall–Kier alpha value is -4.91. The number of rotatable bonds is 10. The first-order chi connectivity index (χ1) is 21.0. The highest BCUT2D eigenvalue weighted by molar-refractivity contribution is 5.92. The number of esters is 1. The molecule has 0 spiro atoms. The van der Waals surface area contributed by atoms with Crippen molar-refractivity contribution in [1.82, 2.24) is 10.2 Å². The number of hydrogen-bond acceptors (Lipinski definition) is 4. The monoisotopic (exact) mass is 575 g/mol. The molecule has 1 aliphatic rings. The number of anilines is 1. The number of benzene rings is 4. The van der Waals surface area contributed by atoms with Gasteiger partial charge in [0.05, 0.1) is 26.1 Å². The van der Waals surface area contributed by atoms with Crippen LogP contribution in [0.3, 0.4) is 0 Å². The van der Waals surface area contributed by atoms with E-state index in [1.165, 1.54) is 23.8 Å². The third-order valence-electron chi connectivity index (χ3n) is 7.96. The number of hydrogen-bond donors (Lipinski definition) is 2. The maximum Gasteiger partial charge on any atom is 0.319 e. The Morgan fingerprint density at radius 3 is 2.23 bits per heavy atom. The van der Waals surface area contributed by atoms with Crippen LogP contribution in [0.1, 0.15) is 40.3 Å². The molecule has 0 radical (unpaired) electrons. The van der Waals surface area contributed by atoms with Gasteiger partial charge in [-0.15, -0.1) is 0 Å². The van der Waals surface area contributed by atoms with Crippen molar-refractivity contribution in [1.29, 1.82) is 0 Å². The summed E-state index contributed by atoms with van der Waals surface area (Å²) in [6, 6.07) is 35.2. The second-order valence-electron chi connectivity index (χ2n) is 10.9. The lowest BCUT2D eigenvalue weighted by Crippen LogP contribution is -2.46. The number of nitrogens with one attached hydrogen (secondary N) is 2. The molecule has 0 saturated heterocycles. The van der Waals surface area contributed by atoms with E-state index in [1.807, 2.05) is 47.4 Å². The average molecular weight is 576 g/mol. The first-order valence-corrected chi connectivity index (χ1v) is 14.7. The van der Waals surface area contributed by atoms with E-state index < -0.39 is 6.03 Å². The maximum absolute atomic E-state index is 14.1. The van der Waals surface area contributed by atoms with Gasteiger partial charge >= 0.3 is 12.0 Å². The number of amides is 3. The van der Waals surface area contributed by atoms with E-state index in [1.54, 1.807) is 24.3 Å². The van der Waals surface area contributed by atoms with Crippen molar-refractivity contribution in [2.24, 2.45) is 5.92 Å². The van der Waals surface area contributed by atoms with Crippen molar-refractivity contribution in [3.8, 4) is 0 Å². The summed E-state index contributed by atoms with van der Waals surface area (Å²) in [6.07, 6.45) is 2.89. The Bertz CT molecular complexity index is 1540. The molecule has 2 atom stereocenters.